The van der Waals surface area contributed by atoms with Gasteiger partial charge in [0.15, 0.2) is 5.13 Å². The van der Waals surface area contributed by atoms with E-state index in [1.54, 1.807) is 11.8 Å². The lowest BCUT2D eigenvalue weighted by atomic mass is 10.2. The van der Waals surface area contributed by atoms with Gasteiger partial charge in [0.2, 0.25) is 0 Å². The Morgan fingerprint density at radius 3 is 2.42 bits per heavy atom. The molecule has 0 radical (unpaired) electrons. The van der Waals surface area contributed by atoms with Crippen molar-refractivity contribution in [2.75, 3.05) is 43.4 Å². The number of carbonyl (C=O) groups excluding carboxylic acids is 1. The maximum atomic E-state index is 13.5. The molecule has 0 aliphatic heterocycles. The summed E-state index contributed by atoms with van der Waals surface area (Å²) in [5.74, 6) is 1.83. The third-order valence-electron chi connectivity index (χ3n) is 5.08. The molecule has 0 aliphatic carbocycles. The summed E-state index contributed by atoms with van der Waals surface area (Å²) in [6.45, 7) is 12.3. The number of amides is 1. The van der Waals surface area contributed by atoms with Crippen LogP contribution in [-0.4, -0.2) is 54.3 Å². The lowest BCUT2D eigenvalue weighted by molar-refractivity contribution is 0.0983. The largest absolute Gasteiger partial charge is 0.494 e. The number of likely N-dealkylation sites (N-methyl/N-ethyl adjacent to an activating group) is 1. The average molecular weight is 458 g/mol. The Labute approximate surface area is 193 Å². The highest BCUT2D eigenvalue weighted by Gasteiger charge is 2.22. The number of thiazole rings is 1. The topological polar surface area (TPSA) is 45.7 Å². The summed E-state index contributed by atoms with van der Waals surface area (Å²) in [6.07, 6.45) is 0. The molecule has 0 saturated heterocycles. The van der Waals surface area contributed by atoms with Crippen LogP contribution in [0, 0.1) is 0 Å². The molecule has 2 aromatic carbocycles. The van der Waals surface area contributed by atoms with Crippen molar-refractivity contribution in [3.05, 3.63) is 48.0 Å². The smallest absolute Gasteiger partial charge is 0.260 e. The number of ether oxygens (including phenoxy) is 1. The van der Waals surface area contributed by atoms with Crippen LogP contribution in [0.1, 0.15) is 38.1 Å². The number of hydrogen-bond acceptors (Lipinski definition) is 6. The van der Waals surface area contributed by atoms with Crippen LogP contribution in [-0.2, 0) is 0 Å². The van der Waals surface area contributed by atoms with Crippen molar-refractivity contribution in [3.63, 3.8) is 0 Å². The van der Waals surface area contributed by atoms with Gasteiger partial charge in [-0.05, 0) is 68.2 Å². The summed E-state index contributed by atoms with van der Waals surface area (Å²) >= 11 is 3.31. The van der Waals surface area contributed by atoms with E-state index in [-0.39, 0.29) is 5.91 Å². The zero-order valence-corrected chi connectivity index (χ0v) is 20.4. The molecule has 3 rings (SSSR count). The third kappa shape index (κ3) is 5.99. The van der Waals surface area contributed by atoms with E-state index in [0.717, 1.165) is 46.5 Å². The van der Waals surface area contributed by atoms with E-state index in [9.17, 15) is 4.79 Å². The first kappa shape index (κ1) is 23.6. The molecule has 0 spiro atoms. The molecule has 0 aliphatic rings. The second-order valence-electron chi connectivity index (χ2n) is 7.00. The van der Waals surface area contributed by atoms with Crippen molar-refractivity contribution in [2.24, 2.45) is 0 Å². The predicted octanol–water partition coefficient (Wildman–Crippen LogP) is 5.80. The van der Waals surface area contributed by atoms with Crippen molar-refractivity contribution < 1.29 is 9.53 Å². The molecule has 0 saturated carbocycles. The van der Waals surface area contributed by atoms with E-state index in [2.05, 4.69) is 25.7 Å². The summed E-state index contributed by atoms with van der Waals surface area (Å²) in [7, 11) is 0. The predicted molar refractivity (Wildman–Crippen MR) is 133 cm³/mol. The minimum atomic E-state index is -0.00991. The molecule has 0 fully saturated rings. The van der Waals surface area contributed by atoms with Gasteiger partial charge in [0.25, 0.3) is 5.91 Å². The van der Waals surface area contributed by atoms with Gasteiger partial charge in [-0.2, -0.15) is 0 Å². The number of nitrogens with zero attached hydrogens (tertiary/aromatic N) is 3. The van der Waals surface area contributed by atoms with Crippen molar-refractivity contribution >= 4 is 44.4 Å². The van der Waals surface area contributed by atoms with Gasteiger partial charge in [0.1, 0.15) is 5.75 Å². The quantitative estimate of drug-likeness (QED) is 0.341. The van der Waals surface area contributed by atoms with E-state index >= 15 is 0 Å². The standard InChI is InChI=1S/C24H31N3O2S2/c1-5-26(6-2)15-16-27(23(28)18-9-12-20(13-10-18)30-8-4)24-25-21-14-11-19(29-7-3)17-22(21)31-24/h9-14,17H,5-8,15-16H2,1-4H3. The van der Waals surface area contributed by atoms with Gasteiger partial charge in [0.05, 0.1) is 16.8 Å². The molecule has 1 aromatic heterocycles. The number of carbonyl (C=O) groups is 1. The monoisotopic (exact) mass is 457 g/mol. The Bertz CT molecular complexity index is 984. The van der Waals surface area contributed by atoms with Gasteiger partial charge < -0.3 is 9.64 Å². The number of anilines is 1. The Morgan fingerprint density at radius 2 is 1.77 bits per heavy atom. The Kier molecular flexibility index (Phi) is 8.75. The summed E-state index contributed by atoms with van der Waals surface area (Å²) in [5.41, 5.74) is 1.58. The van der Waals surface area contributed by atoms with Crippen molar-refractivity contribution in [3.8, 4) is 5.75 Å². The Balaban J connectivity index is 1.91. The van der Waals surface area contributed by atoms with Gasteiger partial charge in [-0.15, -0.1) is 11.8 Å². The number of aromatic nitrogens is 1. The molecule has 166 valence electrons. The van der Waals surface area contributed by atoms with Gasteiger partial charge in [-0.3, -0.25) is 9.69 Å². The van der Waals surface area contributed by atoms with Crippen LogP contribution in [0.3, 0.4) is 0 Å². The van der Waals surface area contributed by atoms with E-state index in [1.165, 1.54) is 16.2 Å². The molecule has 31 heavy (non-hydrogen) atoms. The maximum Gasteiger partial charge on any atom is 0.260 e. The van der Waals surface area contributed by atoms with Crippen LogP contribution >= 0.6 is 23.1 Å². The third-order valence-corrected chi connectivity index (χ3v) is 7.02. The highest BCUT2D eigenvalue weighted by Crippen LogP contribution is 2.32. The van der Waals surface area contributed by atoms with Gasteiger partial charge in [-0.1, -0.05) is 32.1 Å². The molecular formula is C24H31N3O2S2. The van der Waals surface area contributed by atoms with Crippen LogP contribution in [0.5, 0.6) is 5.75 Å². The summed E-state index contributed by atoms with van der Waals surface area (Å²) in [4.78, 5) is 23.6. The van der Waals surface area contributed by atoms with Crippen LogP contribution in [0.2, 0.25) is 0 Å². The SMILES string of the molecule is CCOc1ccc2nc(N(CCN(CC)CC)C(=O)c3ccc(SCC)cc3)sc2c1. The lowest BCUT2D eigenvalue weighted by Gasteiger charge is -2.24. The molecule has 0 bridgehead atoms. The van der Waals surface area contributed by atoms with Crippen LogP contribution in [0.25, 0.3) is 10.2 Å². The second-order valence-corrected chi connectivity index (χ2v) is 9.35. The van der Waals surface area contributed by atoms with E-state index in [4.69, 9.17) is 9.72 Å². The Hall–Kier alpha value is -2.09. The zero-order chi connectivity index (χ0) is 22.2. The first-order valence-corrected chi connectivity index (χ1v) is 12.7. The number of thioether (sulfide) groups is 1. The van der Waals surface area contributed by atoms with Crippen LogP contribution in [0.15, 0.2) is 47.4 Å². The molecular weight excluding hydrogens is 426 g/mol. The molecule has 3 aromatic rings. The van der Waals surface area contributed by atoms with Crippen LogP contribution < -0.4 is 9.64 Å². The number of hydrogen-bond donors (Lipinski definition) is 0. The van der Waals surface area contributed by atoms with Gasteiger partial charge >= 0.3 is 0 Å². The van der Waals surface area contributed by atoms with E-state index in [0.29, 0.717) is 18.7 Å². The minimum Gasteiger partial charge on any atom is -0.494 e. The fourth-order valence-electron chi connectivity index (χ4n) is 3.35. The average Bonchev–Trinajstić information content (AvgIpc) is 3.20. The van der Waals surface area contributed by atoms with Crippen molar-refractivity contribution in [1.82, 2.24) is 9.88 Å². The van der Waals surface area contributed by atoms with Crippen molar-refractivity contribution in [1.29, 1.82) is 0 Å². The molecule has 0 atom stereocenters. The number of fused-ring (bicyclic) bond motifs is 1. The van der Waals surface area contributed by atoms with Crippen LogP contribution in [0.4, 0.5) is 5.13 Å². The number of benzene rings is 2. The van der Waals surface area contributed by atoms with E-state index < -0.39 is 0 Å². The fraction of sp³-hybridized carbons (Fsp3) is 0.417. The fourth-order valence-corrected chi connectivity index (χ4v) is 5.03. The molecule has 1 heterocycles. The number of rotatable bonds is 11. The lowest BCUT2D eigenvalue weighted by Crippen LogP contribution is -2.38. The molecule has 0 N–H and O–H groups in total. The highest BCUT2D eigenvalue weighted by molar-refractivity contribution is 7.99. The highest BCUT2D eigenvalue weighted by atomic mass is 32.2. The summed E-state index contributed by atoms with van der Waals surface area (Å²) < 4.78 is 6.65. The van der Waals surface area contributed by atoms with Crippen molar-refractivity contribution in [2.45, 2.75) is 32.6 Å². The van der Waals surface area contributed by atoms with Gasteiger partial charge in [0, 0.05) is 23.5 Å². The minimum absolute atomic E-state index is 0.00991. The summed E-state index contributed by atoms with van der Waals surface area (Å²) in [6, 6.07) is 13.8. The normalized spacial score (nSPS) is 11.3. The van der Waals surface area contributed by atoms with E-state index in [1.807, 2.05) is 54.3 Å². The Morgan fingerprint density at radius 1 is 1.03 bits per heavy atom. The summed E-state index contributed by atoms with van der Waals surface area (Å²) in [5, 5.41) is 0.729. The molecule has 7 heteroatoms. The second kappa shape index (κ2) is 11.5. The zero-order valence-electron chi connectivity index (χ0n) is 18.8. The maximum absolute atomic E-state index is 13.5. The van der Waals surface area contributed by atoms with Gasteiger partial charge in [-0.25, -0.2) is 4.98 Å². The first-order chi connectivity index (χ1) is 15.1. The molecule has 1 amide bonds. The molecule has 0 unspecified atom stereocenters. The molecule has 5 nitrogen and oxygen atoms in total. The first-order valence-electron chi connectivity index (χ1n) is 10.9.